The number of hydrogen-bond donors (Lipinski definition) is 3. The highest BCUT2D eigenvalue weighted by molar-refractivity contribution is 7.80. The van der Waals surface area contributed by atoms with Gasteiger partial charge in [0.15, 0.2) is 11.9 Å². The van der Waals surface area contributed by atoms with Crippen molar-refractivity contribution in [1.82, 2.24) is 0 Å². The van der Waals surface area contributed by atoms with E-state index in [1.165, 1.54) is 6.07 Å². The van der Waals surface area contributed by atoms with Gasteiger partial charge in [-0.15, -0.1) is 12.6 Å². The number of aliphatic carboxylic acids is 1. The molecular weight excluding hydrogens is 228 g/mol. The van der Waals surface area contributed by atoms with Crippen LogP contribution in [0.2, 0.25) is 0 Å². The molecule has 86 valence electrons. The molecule has 0 fully saturated rings. The van der Waals surface area contributed by atoms with E-state index in [1.54, 1.807) is 19.1 Å². The van der Waals surface area contributed by atoms with E-state index < -0.39 is 12.1 Å². The second-order valence-corrected chi connectivity index (χ2v) is 3.74. The Kier molecular flexibility index (Phi) is 4.09. The molecule has 1 unspecified atom stereocenters. The smallest absolute Gasteiger partial charge is 0.337 e. The van der Waals surface area contributed by atoms with Crippen molar-refractivity contribution in [2.75, 3.05) is 0 Å². The molecule has 0 aliphatic rings. The summed E-state index contributed by atoms with van der Waals surface area (Å²) in [5, 5.41) is 18.2. The van der Waals surface area contributed by atoms with Crippen LogP contribution in [0.15, 0.2) is 23.1 Å². The number of aliphatic hydroxyl groups is 1. The topological polar surface area (TPSA) is 74.6 Å². The number of carboxylic acids is 1. The van der Waals surface area contributed by atoms with Crippen LogP contribution in [0.3, 0.4) is 0 Å². The molecule has 0 aliphatic heterocycles. The Morgan fingerprint density at radius 1 is 1.44 bits per heavy atom. The fourth-order valence-electron chi connectivity index (χ4n) is 1.40. The van der Waals surface area contributed by atoms with Crippen LogP contribution < -0.4 is 0 Å². The summed E-state index contributed by atoms with van der Waals surface area (Å²) < 4.78 is 0. The number of ketones is 1. The maximum absolute atomic E-state index is 11.6. The van der Waals surface area contributed by atoms with Gasteiger partial charge in [-0.3, -0.25) is 4.79 Å². The largest absolute Gasteiger partial charge is 0.479 e. The lowest BCUT2D eigenvalue weighted by atomic mass is 9.98. The Balaban J connectivity index is 3.33. The van der Waals surface area contributed by atoms with Crippen LogP contribution in [0, 0.1) is 0 Å². The van der Waals surface area contributed by atoms with Crippen LogP contribution in [0.5, 0.6) is 0 Å². The summed E-state index contributed by atoms with van der Waals surface area (Å²) in [6, 6.07) is 4.56. The Morgan fingerprint density at radius 2 is 2.06 bits per heavy atom. The first kappa shape index (κ1) is 12.7. The Bertz CT molecular complexity index is 428. The van der Waals surface area contributed by atoms with E-state index in [0.717, 1.165) is 0 Å². The van der Waals surface area contributed by atoms with E-state index in [4.69, 9.17) is 5.11 Å². The van der Waals surface area contributed by atoms with Crippen LogP contribution in [0.4, 0.5) is 0 Å². The van der Waals surface area contributed by atoms with E-state index in [2.05, 4.69) is 12.6 Å². The molecule has 0 amide bonds. The molecule has 0 bridgehead atoms. The lowest BCUT2D eigenvalue weighted by molar-refractivity contribution is -0.146. The molecule has 0 saturated carbocycles. The minimum absolute atomic E-state index is 0.0897. The summed E-state index contributed by atoms with van der Waals surface area (Å²) in [4.78, 5) is 22.7. The molecule has 16 heavy (non-hydrogen) atoms. The SMILES string of the molecule is CCC(=O)c1c(S)cccc1C(O)C(=O)O. The fraction of sp³-hybridized carbons (Fsp3) is 0.273. The van der Waals surface area contributed by atoms with Gasteiger partial charge >= 0.3 is 5.97 Å². The minimum Gasteiger partial charge on any atom is -0.479 e. The highest BCUT2D eigenvalue weighted by atomic mass is 32.1. The lowest BCUT2D eigenvalue weighted by Gasteiger charge is -2.12. The molecule has 0 aliphatic carbocycles. The number of Topliss-reactive ketones (excluding diaryl/α,β-unsaturated/α-hetero) is 1. The van der Waals surface area contributed by atoms with Gasteiger partial charge in [0.2, 0.25) is 0 Å². The number of hydrogen-bond acceptors (Lipinski definition) is 4. The van der Waals surface area contributed by atoms with E-state index in [9.17, 15) is 14.7 Å². The number of thiol groups is 1. The van der Waals surface area contributed by atoms with Gasteiger partial charge < -0.3 is 10.2 Å². The molecular formula is C11H12O4S. The van der Waals surface area contributed by atoms with Gasteiger partial charge in [0.25, 0.3) is 0 Å². The maximum atomic E-state index is 11.6. The molecule has 0 spiro atoms. The molecule has 2 N–H and O–H groups in total. The third-order valence-electron chi connectivity index (χ3n) is 2.20. The quantitative estimate of drug-likeness (QED) is 0.553. The average molecular weight is 240 g/mol. The Morgan fingerprint density at radius 3 is 2.56 bits per heavy atom. The van der Waals surface area contributed by atoms with Gasteiger partial charge in [-0.1, -0.05) is 19.1 Å². The summed E-state index contributed by atoms with van der Waals surface area (Å²) in [5.41, 5.74) is 0.273. The second kappa shape index (κ2) is 5.14. The van der Waals surface area contributed by atoms with Crippen molar-refractivity contribution in [3.8, 4) is 0 Å². The summed E-state index contributed by atoms with van der Waals surface area (Å²) in [6.45, 7) is 1.67. The van der Waals surface area contributed by atoms with Crippen molar-refractivity contribution >= 4 is 24.4 Å². The van der Waals surface area contributed by atoms with Crippen LogP contribution in [0.25, 0.3) is 0 Å². The summed E-state index contributed by atoms with van der Waals surface area (Å²) in [5.74, 6) is -1.62. The molecule has 5 heteroatoms. The third-order valence-corrected chi connectivity index (χ3v) is 2.58. The summed E-state index contributed by atoms with van der Waals surface area (Å²) in [6.07, 6.45) is -1.46. The average Bonchev–Trinajstić information content (AvgIpc) is 2.26. The zero-order chi connectivity index (χ0) is 12.3. The van der Waals surface area contributed by atoms with Crippen molar-refractivity contribution in [2.24, 2.45) is 0 Å². The third kappa shape index (κ3) is 2.43. The number of carboxylic acid groups (broad SMARTS) is 1. The lowest BCUT2D eigenvalue weighted by Crippen LogP contribution is -2.15. The molecule has 1 aromatic rings. The molecule has 1 aromatic carbocycles. The van der Waals surface area contributed by atoms with Gasteiger partial charge in [0, 0.05) is 22.4 Å². The number of carbonyl (C=O) groups is 2. The summed E-state index contributed by atoms with van der Waals surface area (Å²) >= 11 is 4.10. The van der Waals surface area contributed by atoms with Gasteiger partial charge in [-0.05, 0) is 6.07 Å². The first-order valence-corrected chi connectivity index (χ1v) is 5.19. The molecule has 0 aromatic heterocycles. The standard InChI is InChI=1S/C11H12O4S/c1-2-7(12)9-6(10(13)11(14)15)4-3-5-8(9)16/h3-5,10,13,16H,2H2,1H3,(H,14,15). The molecule has 0 saturated heterocycles. The Labute approximate surface area is 98.3 Å². The molecule has 1 rings (SSSR count). The van der Waals surface area contributed by atoms with Gasteiger partial charge in [-0.2, -0.15) is 0 Å². The second-order valence-electron chi connectivity index (χ2n) is 3.26. The number of rotatable bonds is 4. The maximum Gasteiger partial charge on any atom is 0.337 e. The molecule has 0 radical (unpaired) electrons. The molecule has 0 heterocycles. The molecule has 4 nitrogen and oxygen atoms in total. The number of carbonyl (C=O) groups excluding carboxylic acids is 1. The van der Waals surface area contributed by atoms with Crippen molar-refractivity contribution in [3.05, 3.63) is 29.3 Å². The van der Waals surface area contributed by atoms with Crippen LogP contribution in [-0.2, 0) is 4.79 Å². The van der Waals surface area contributed by atoms with Crippen LogP contribution in [0.1, 0.15) is 35.4 Å². The summed E-state index contributed by atoms with van der Waals surface area (Å²) in [7, 11) is 0. The number of aliphatic hydroxyl groups excluding tert-OH is 1. The highest BCUT2D eigenvalue weighted by Crippen LogP contribution is 2.25. The van der Waals surface area contributed by atoms with Gasteiger partial charge in [0.05, 0.1) is 0 Å². The Hall–Kier alpha value is -1.33. The highest BCUT2D eigenvalue weighted by Gasteiger charge is 2.23. The van der Waals surface area contributed by atoms with Crippen LogP contribution >= 0.6 is 12.6 Å². The minimum atomic E-state index is -1.70. The normalized spacial score (nSPS) is 12.2. The fourth-order valence-corrected chi connectivity index (χ4v) is 1.74. The van der Waals surface area contributed by atoms with E-state index >= 15 is 0 Å². The monoisotopic (exact) mass is 240 g/mol. The molecule has 1 atom stereocenters. The first-order valence-electron chi connectivity index (χ1n) is 4.75. The first-order chi connectivity index (χ1) is 7.49. The van der Waals surface area contributed by atoms with Crippen LogP contribution in [-0.4, -0.2) is 22.0 Å². The zero-order valence-electron chi connectivity index (χ0n) is 8.67. The van der Waals surface area contributed by atoms with Gasteiger partial charge in [0.1, 0.15) is 0 Å². The number of benzene rings is 1. The predicted molar refractivity (Wildman–Crippen MR) is 60.9 cm³/mol. The zero-order valence-corrected chi connectivity index (χ0v) is 9.57. The van der Waals surface area contributed by atoms with Crippen molar-refractivity contribution < 1.29 is 19.8 Å². The van der Waals surface area contributed by atoms with E-state index in [1.807, 2.05) is 0 Å². The predicted octanol–water partition coefficient (Wildman–Crippen LogP) is 1.69. The van der Waals surface area contributed by atoms with Crippen molar-refractivity contribution in [1.29, 1.82) is 0 Å². The van der Waals surface area contributed by atoms with Gasteiger partial charge in [-0.25, -0.2) is 4.79 Å². The van der Waals surface area contributed by atoms with Crippen molar-refractivity contribution in [3.63, 3.8) is 0 Å². The van der Waals surface area contributed by atoms with E-state index in [-0.39, 0.29) is 23.3 Å². The van der Waals surface area contributed by atoms with Crippen molar-refractivity contribution in [2.45, 2.75) is 24.3 Å². The van der Waals surface area contributed by atoms with E-state index in [0.29, 0.717) is 4.90 Å².